The van der Waals surface area contributed by atoms with Crippen molar-refractivity contribution >= 4 is 5.97 Å². The van der Waals surface area contributed by atoms with Gasteiger partial charge in [0.05, 0.1) is 6.61 Å². The molecule has 0 aromatic carbocycles. The van der Waals surface area contributed by atoms with Crippen LogP contribution in [0.3, 0.4) is 0 Å². The van der Waals surface area contributed by atoms with E-state index < -0.39 is 0 Å². The van der Waals surface area contributed by atoms with Crippen LogP contribution in [-0.2, 0) is 9.53 Å². The molecule has 3 heteroatoms. The summed E-state index contributed by atoms with van der Waals surface area (Å²) in [7, 11) is 0. The van der Waals surface area contributed by atoms with E-state index in [0.29, 0.717) is 18.9 Å². The molecule has 1 atom stereocenters. The average Bonchev–Trinajstić information content (AvgIpc) is 2.72. The normalized spacial score (nSPS) is 12.8. The fraction of sp³-hybridized carbons (Fsp3) is 0.964. The molecule has 0 spiro atoms. The van der Waals surface area contributed by atoms with Crippen LogP contribution in [0.1, 0.15) is 156 Å². The van der Waals surface area contributed by atoms with E-state index in [1.54, 1.807) is 0 Å². The number of unbranched alkanes of at least 4 members (excludes halogenated alkanes) is 14. The summed E-state index contributed by atoms with van der Waals surface area (Å²) in [6, 6.07) is 0. The molecular weight excluding hydrogens is 382 g/mol. The van der Waals surface area contributed by atoms with E-state index in [1.807, 2.05) is 0 Å². The van der Waals surface area contributed by atoms with Crippen LogP contribution >= 0.6 is 0 Å². The molecule has 186 valence electrons. The number of ether oxygens (including phenoxy) is 1. The maximum atomic E-state index is 11.8. The number of rotatable bonds is 23. The molecule has 3 nitrogen and oxygen atoms in total. The SMILES string of the molecule is CCCCCCCCCCCCCCCCC(CCCC(=O)OCCCC)C(C)(C)N. The number of carbonyl (C=O) groups is 1. The van der Waals surface area contributed by atoms with Crippen LogP contribution in [0, 0.1) is 5.92 Å². The van der Waals surface area contributed by atoms with Crippen molar-refractivity contribution in [3.8, 4) is 0 Å². The lowest BCUT2D eigenvalue weighted by molar-refractivity contribution is -0.143. The van der Waals surface area contributed by atoms with Crippen molar-refractivity contribution in [2.75, 3.05) is 6.61 Å². The molecule has 0 aliphatic rings. The Morgan fingerprint density at radius 1 is 0.677 bits per heavy atom. The Bertz CT molecular complexity index is 389. The highest BCUT2D eigenvalue weighted by molar-refractivity contribution is 5.69. The van der Waals surface area contributed by atoms with Crippen LogP contribution in [0.5, 0.6) is 0 Å². The van der Waals surface area contributed by atoms with Crippen molar-refractivity contribution in [2.45, 2.75) is 162 Å². The molecule has 31 heavy (non-hydrogen) atoms. The molecular formula is C28H57NO2. The Morgan fingerprint density at radius 2 is 1.10 bits per heavy atom. The van der Waals surface area contributed by atoms with Gasteiger partial charge >= 0.3 is 5.97 Å². The summed E-state index contributed by atoms with van der Waals surface area (Å²) in [4.78, 5) is 11.8. The van der Waals surface area contributed by atoms with Crippen LogP contribution in [-0.4, -0.2) is 18.1 Å². The van der Waals surface area contributed by atoms with Gasteiger partial charge in [-0.15, -0.1) is 0 Å². The maximum Gasteiger partial charge on any atom is 0.305 e. The predicted molar refractivity (Wildman–Crippen MR) is 136 cm³/mol. The van der Waals surface area contributed by atoms with Crippen molar-refractivity contribution in [1.82, 2.24) is 0 Å². The first-order chi connectivity index (χ1) is 14.9. The van der Waals surface area contributed by atoms with Gasteiger partial charge in [-0.05, 0) is 45.4 Å². The Morgan fingerprint density at radius 3 is 1.55 bits per heavy atom. The second kappa shape index (κ2) is 21.3. The van der Waals surface area contributed by atoms with Crippen molar-refractivity contribution in [3.63, 3.8) is 0 Å². The summed E-state index contributed by atoms with van der Waals surface area (Å²) in [6.07, 6.45) is 25.2. The van der Waals surface area contributed by atoms with E-state index in [1.165, 1.54) is 96.3 Å². The summed E-state index contributed by atoms with van der Waals surface area (Å²) in [5.74, 6) is 0.451. The largest absolute Gasteiger partial charge is 0.466 e. The van der Waals surface area contributed by atoms with Gasteiger partial charge in [0, 0.05) is 12.0 Å². The molecule has 0 aliphatic carbocycles. The van der Waals surface area contributed by atoms with E-state index in [4.69, 9.17) is 10.5 Å². The van der Waals surface area contributed by atoms with Gasteiger partial charge in [-0.3, -0.25) is 4.79 Å². The van der Waals surface area contributed by atoms with E-state index in [9.17, 15) is 4.79 Å². The standard InChI is InChI=1S/C28H57NO2/c1-5-7-9-10-11-12-13-14-15-16-17-18-19-20-22-26(28(3,4)29)23-21-24-27(30)31-25-8-6-2/h26H,5-25,29H2,1-4H3. The zero-order valence-electron chi connectivity index (χ0n) is 21.8. The molecule has 0 heterocycles. The Balaban J connectivity index is 3.65. The molecule has 0 saturated carbocycles. The summed E-state index contributed by atoms with van der Waals surface area (Å²) in [6.45, 7) is 9.25. The molecule has 0 saturated heterocycles. The monoisotopic (exact) mass is 439 g/mol. The molecule has 1 unspecified atom stereocenters. The lowest BCUT2D eigenvalue weighted by Crippen LogP contribution is -2.41. The highest BCUT2D eigenvalue weighted by Gasteiger charge is 2.24. The molecule has 2 N–H and O–H groups in total. The lowest BCUT2D eigenvalue weighted by Gasteiger charge is -2.31. The topological polar surface area (TPSA) is 52.3 Å². The molecule has 0 aromatic heterocycles. The van der Waals surface area contributed by atoms with Gasteiger partial charge in [0.1, 0.15) is 0 Å². The third-order valence-electron chi connectivity index (χ3n) is 6.65. The molecule has 0 aromatic rings. The summed E-state index contributed by atoms with van der Waals surface area (Å²) in [5.41, 5.74) is 6.27. The lowest BCUT2D eigenvalue weighted by atomic mass is 9.81. The fourth-order valence-corrected chi connectivity index (χ4v) is 4.37. The van der Waals surface area contributed by atoms with E-state index >= 15 is 0 Å². The molecule has 0 amide bonds. The minimum atomic E-state index is -0.164. The second-order valence-corrected chi connectivity index (χ2v) is 10.4. The number of nitrogens with two attached hydrogens (primary N) is 1. The van der Waals surface area contributed by atoms with Gasteiger partial charge in [-0.2, -0.15) is 0 Å². The highest BCUT2D eigenvalue weighted by Crippen LogP contribution is 2.26. The number of hydrogen-bond donors (Lipinski definition) is 1. The van der Waals surface area contributed by atoms with Crippen LogP contribution < -0.4 is 5.73 Å². The van der Waals surface area contributed by atoms with Crippen molar-refractivity contribution in [2.24, 2.45) is 11.7 Å². The predicted octanol–water partition coefficient (Wildman–Crippen LogP) is 8.72. The van der Waals surface area contributed by atoms with E-state index in [-0.39, 0.29) is 11.5 Å². The number of carbonyl (C=O) groups excluding carboxylic acids is 1. The Hall–Kier alpha value is -0.570. The first-order valence-corrected chi connectivity index (χ1v) is 13.9. The Kier molecular flexibility index (Phi) is 20.9. The fourth-order valence-electron chi connectivity index (χ4n) is 4.37. The van der Waals surface area contributed by atoms with E-state index in [2.05, 4.69) is 27.7 Å². The third kappa shape index (κ3) is 21.1. The van der Waals surface area contributed by atoms with Crippen LogP contribution in [0.2, 0.25) is 0 Å². The smallest absolute Gasteiger partial charge is 0.305 e. The van der Waals surface area contributed by atoms with Gasteiger partial charge in [0.2, 0.25) is 0 Å². The van der Waals surface area contributed by atoms with Gasteiger partial charge in [-0.1, -0.05) is 110 Å². The summed E-state index contributed by atoms with van der Waals surface area (Å²) >= 11 is 0. The third-order valence-corrected chi connectivity index (χ3v) is 6.65. The molecule has 0 radical (unpaired) electrons. The molecule has 0 rings (SSSR count). The molecule has 0 bridgehead atoms. The highest BCUT2D eigenvalue weighted by atomic mass is 16.5. The van der Waals surface area contributed by atoms with Crippen LogP contribution in [0.4, 0.5) is 0 Å². The number of hydrogen-bond acceptors (Lipinski definition) is 3. The molecule has 0 aliphatic heterocycles. The van der Waals surface area contributed by atoms with Gasteiger partial charge in [0.25, 0.3) is 0 Å². The van der Waals surface area contributed by atoms with Crippen molar-refractivity contribution < 1.29 is 9.53 Å². The zero-order chi connectivity index (χ0) is 23.2. The van der Waals surface area contributed by atoms with Gasteiger partial charge < -0.3 is 10.5 Å². The second-order valence-electron chi connectivity index (χ2n) is 10.4. The summed E-state index contributed by atoms with van der Waals surface area (Å²) in [5, 5.41) is 0. The molecule has 0 fully saturated rings. The average molecular weight is 440 g/mol. The van der Waals surface area contributed by atoms with E-state index in [0.717, 1.165) is 25.7 Å². The zero-order valence-corrected chi connectivity index (χ0v) is 21.8. The van der Waals surface area contributed by atoms with Gasteiger partial charge in [0.15, 0.2) is 0 Å². The first kappa shape index (κ1) is 30.4. The van der Waals surface area contributed by atoms with Crippen molar-refractivity contribution in [3.05, 3.63) is 0 Å². The first-order valence-electron chi connectivity index (χ1n) is 13.9. The van der Waals surface area contributed by atoms with Crippen LogP contribution in [0.25, 0.3) is 0 Å². The summed E-state index contributed by atoms with van der Waals surface area (Å²) < 4.78 is 5.27. The maximum absolute atomic E-state index is 11.8. The minimum Gasteiger partial charge on any atom is -0.466 e. The minimum absolute atomic E-state index is 0.0430. The quantitative estimate of drug-likeness (QED) is 0.128. The number of esters is 1. The van der Waals surface area contributed by atoms with Gasteiger partial charge in [-0.25, -0.2) is 0 Å². The van der Waals surface area contributed by atoms with Crippen molar-refractivity contribution in [1.29, 1.82) is 0 Å². The Labute approximate surface area is 195 Å². The van der Waals surface area contributed by atoms with Crippen LogP contribution in [0.15, 0.2) is 0 Å².